The highest BCUT2D eigenvalue weighted by atomic mass is 32.1. The van der Waals surface area contributed by atoms with Gasteiger partial charge in [-0.15, -0.1) is 11.3 Å². The summed E-state index contributed by atoms with van der Waals surface area (Å²) in [6.45, 7) is 3.65. The van der Waals surface area contributed by atoms with Gasteiger partial charge in [-0.25, -0.2) is 9.78 Å². The zero-order chi connectivity index (χ0) is 21.2. The van der Waals surface area contributed by atoms with Crippen LogP contribution in [0.25, 0.3) is 6.08 Å². The number of amides is 2. The maximum absolute atomic E-state index is 12.1. The summed E-state index contributed by atoms with van der Waals surface area (Å²) in [5.41, 5.74) is 1.21. The highest BCUT2D eigenvalue weighted by Crippen LogP contribution is 2.28. The first kappa shape index (κ1) is 22.3. The van der Waals surface area contributed by atoms with E-state index in [9.17, 15) is 14.4 Å². The fourth-order valence-corrected chi connectivity index (χ4v) is 3.15. The molecular formula is C20H23N3O5S. The normalized spacial score (nSPS) is 11.8. The summed E-state index contributed by atoms with van der Waals surface area (Å²) >= 11 is 1.28. The summed E-state index contributed by atoms with van der Waals surface area (Å²) in [4.78, 5) is 41.6. The lowest BCUT2D eigenvalue weighted by Gasteiger charge is -2.17. The summed E-state index contributed by atoms with van der Waals surface area (Å²) in [6.07, 6.45) is 1.74. The van der Waals surface area contributed by atoms with Crippen LogP contribution in [0.3, 0.4) is 0 Å². The molecule has 8 nitrogen and oxygen atoms in total. The van der Waals surface area contributed by atoms with Crippen LogP contribution in [-0.2, 0) is 23.9 Å². The van der Waals surface area contributed by atoms with Gasteiger partial charge in [-0.3, -0.25) is 14.5 Å². The van der Waals surface area contributed by atoms with E-state index in [4.69, 9.17) is 9.47 Å². The van der Waals surface area contributed by atoms with Gasteiger partial charge in [-0.2, -0.15) is 0 Å². The van der Waals surface area contributed by atoms with Crippen molar-refractivity contribution in [3.8, 4) is 0 Å². The number of aromatic nitrogens is 1. The van der Waals surface area contributed by atoms with Crippen LogP contribution in [0.4, 0.5) is 10.8 Å². The van der Waals surface area contributed by atoms with Crippen LogP contribution in [0.5, 0.6) is 0 Å². The fourth-order valence-electron chi connectivity index (χ4n) is 2.30. The molecule has 0 saturated carbocycles. The Labute approximate surface area is 173 Å². The molecule has 2 rings (SSSR count). The number of methoxy groups -OCH3 is 1. The van der Waals surface area contributed by atoms with Crippen molar-refractivity contribution < 1.29 is 23.9 Å². The molecule has 0 saturated heterocycles. The van der Waals surface area contributed by atoms with Crippen LogP contribution >= 0.6 is 11.3 Å². The average molecular weight is 417 g/mol. The highest BCUT2D eigenvalue weighted by molar-refractivity contribution is 7.14. The third-order valence-corrected chi connectivity index (χ3v) is 4.53. The molecule has 0 fully saturated rings. The molecule has 0 unspecified atom stereocenters. The van der Waals surface area contributed by atoms with Gasteiger partial charge in [0.25, 0.3) is 5.91 Å². The van der Waals surface area contributed by atoms with E-state index in [0.29, 0.717) is 29.7 Å². The van der Waals surface area contributed by atoms with Gasteiger partial charge >= 0.3 is 5.97 Å². The van der Waals surface area contributed by atoms with Crippen molar-refractivity contribution in [1.29, 1.82) is 0 Å². The van der Waals surface area contributed by atoms with Crippen LogP contribution in [-0.4, -0.2) is 49.1 Å². The molecule has 0 aliphatic rings. The van der Waals surface area contributed by atoms with E-state index in [0.717, 1.165) is 0 Å². The van der Waals surface area contributed by atoms with Crippen molar-refractivity contribution in [2.24, 2.45) is 0 Å². The van der Waals surface area contributed by atoms with Crippen molar-refractivity contribution >= 4 is 46.0 Å². The van der Waals surface area contributed by atoms with Gasteiger partial charge in [-0.05, 0) is 25.1 Å². The zero-order valence-corrected chi connectivity index (χ0v) is 17.3. The molecule has 1 heterocycles. The third kappa shape index (κ3) is 6.81. The molecule has 9 heteroatoms. The van der Waals surface area contributed by atoms with E-state index < -0.39 is 18.0 Å². The molecule has 0 bridgehead atoms. The second kappa shape index (κ2) is 11.1. The van der Waals surface area contributed by atoms with Crippen LogP contribution in [0.1, 0.15) is 19.5 Å². The number of carbonyl (C=O) groups is 3. The first-order valence-electron chi connectivity index (χ1n) is 8.89. The Morgan fingerprint density at radius 2 is 2.00 bits per heavy atom. The Balaban J connectivity index is 1.98. The molecule has 2 amide bonds. The van der Waals surface area contributed by atoms with Crippen molar-refractivity contribution in [2.75, 3.05) is 25.2 Å². The van der Waals surface area contributed by atoms with Gasteiger partial charge in [0.05, 0.1) is 18.0 Å². The maximum Gasteiger partial charge on any atom is 0.331 e. The number of hydrogen-bond donors (Lipinski definition) is 1. The van der Waals surface area contributed by atoms with Gasteiger partial charge in [0.2, 0.25) is 5.91 Å². The molecule has 1 aromatic heterocycles. The third-order valence-electron chi connectivity index (χ3n) is 3.69. The number of anilines is 2. The standard InChI is InChI=1S/C20H23N3O5S/c1-14(19(26)21-11-12-27-3)28-18(25)10-9-16-13-29-20(22-16)23(15(2)24)17-7-5-4-6-8-17/h4-10,13-14H,11-12H2,1-3H3,(H,21,26)/b10-9+/t14-/m1/s1. The smallest absolute Gasteiger partial charge is 0.331 e. The van der Waals surface area contributed by atoms with Crippen LogP contribution in [0.2, 0.25) is 0 Å². The van der Waals surface area contributed by atoms with Crippen LogP contribution < -0.4 is 10.2 Å². The number of thiazole rings is 1. The highest BCUT2D eigenvalue weighted by Gasteiger charge is 2.18. The van der Waals surface area contributed by atoms with Gasteiger partial charge in [0.15, 0.2) is 11.2 Å². The average Bonchev–Trinajstić information content (AvgIpc) is 3.15. The Kier molecular flexibility index (Phi) is 8.50. The first-order chi connectivity index (χ1) is 13.9. The molecule has 1 atom stereocenters. The number of hydrogen-bond acceptors (Lipinski definition) is 7. The summed E-state index contributed by atoms with van der Waals surface area (Å²) in [7, 11) is 1.53. The van der Waals surface area contributed by atoms with Crippen molar-refractivity contribution in [3.05, 3.63) is 47.5 Å². The van der Waals surface area contributed by atoms with E-state index in [-0.39, 0.29) is 5.91 Å². The lowest BCUT2D eigenvalue weighted by Crippen LogP contribution is -2.37. The molecule has 0 radical (unpaired) electrons. The number of carbonyl (C=O) groups excluding carboxylic acids is 3. The lowest BCUT2D eigenvalue weighted by atomic mass is 10.3. The first-order valence-corrected chi connectivity index (χ1v) is 9.77. The largest absolute Gasteiger partial charge is 0.449 e. The number of rotatable bonds is 9. The molecule has 0 spiro atoms. The van der Waals surface area contributed by atoms with Crippen molar-refractivity contribution in [2.45, 2.75) is 20.0 Å². The second-order valence-electron chi connectivity index (χ2n) is 5.94. The molecular weight excluding hydrogens is 394 g/mol. The van der Waals surface area contributed by atoms with Crippen LogP contribution in [0, 0.1) is 0 Å². The molecule has 1 aromatic carbocycles. The molecule has 1 N–H and O–H groups in total. The topological polar surface area (TPSA) is 97.8 Å². The predicted octanol–water partition coefficient (Wildman–Crippen LogP) is 2.54. The lowest BCUT2D eigenvalue weighted by molar-refractivity contribution is -0.150. The summed E-state index contributed by atoms with van der Waals surface area (Å²) in [6, 6.07) is 9.16. The van der Waals surface area contributed by atoms with Gasteiger partial charge in [0.1, 0.15) is 0 Å². The predicted molar refractivity (Wildman–Crippen MR) is 111 cm³/mol. The van der Waals surface area contributed by atoms with E-state index >= 15 is 0 Å². The van der Waals surface area contributed by atoms with E-state index in [1.54, 1.807) is 5.38 Å². The SMILES string of the molecule is COCCNC(=O)[C@@H](C)OC(=O)/C=C/c1csc(N(C(C)=O)c2ccccc2)n1. The van der Waals surface area contributed by atoms with Crippen LogP contribution in [0.15, 0.2) is 41.8 Å². The Bertz CT molecular complexity index is 866. The monoisotopic (exact) mass is 417 g/mol. The molecule has 2 aromatic rings. The summed E-state index contributed by atoms with van der Waals surface area (Å²) in [5.74, 6) is -1.24. The minimum absolute atomic E-state index is 0.172. The number of esters is 1. The second-order valence-corrected chi connectivity index (χ2v) is 6.78. The fraction of sp³-hybridized carbons (Fsp3) is 0.300. The molecule has 0 aliphatic carbocycles. The van der Waals surface area contributed by atoms with Crippen molar-refractivity contribution in [3.63, 3.8) is 0 Å². The number of nitrogens with zero attached hydrogens (tertiary/aromatic N) is 2. The Morgan fingerprint density at radius 1 is 1.28 bits per heavy atom. The quantitative estimate of drug-likeness (QED) is 0.383. The molecule has 29 heavy (non-hydrogen) atoms. The minimum atomic E-state index is -0.929. The number of nitrogens with one attached hydrogen (secondary N) is 1. The Hall–Kier alpha value is -3.04. The number of benzene rings is 1. The molecule has 0 aliphatic heterocycles. The maximum atomic E-state index is 12.1. The van der Waals surface area contributed by atoms with E-state index in [2.05, 4.69) is 10.3 Å². The van der Waals surface area contributed by atoms with Gasteiger partial charge in [-0.1, -0.05) is 18.2 Å². The minimum Gasteiger partial charge on any atom is -0.449 e. The van der Waals surface area contributed by atoms with Crippen molar-refractivity contribution in [1.82, 2.24) is 10.3 Å². The number of ether oxygens (including phenoxy) is 2. The zero-order valence-electron chi connectivity index (χ0n) is 16.5. The summed E-state index contributed by atoms with van der Waals surface area (Å²) < 4.78 is 9.90. The van der Waals surface area contributed by atoms with Gasteiger partial charge in [0, 0.05) is 32.0 Å². The van der Waals surface area contributed by atoms with Gasteiger partial charge < -0.3 is 14.8 Å². The number of para-hydroxylation sites is 1. The molecule has 154 valence electrons. The van der Waals surface area contributed by atoms with E-state index in [1.807, 2.05) is 30.3 Å². The summed E-state index contributed by atoms with van der Waals surface area (Å²) in [5, 5.41) is 4.80. The van der Waals surface area contributed by atoms with E-state index in [1.165, 1.54) is 49.3 Å². The Morgan fingerprint density at radius 3 is 2.66 bits per heavy atom.